The van der Waals surface area contributed by atoms with E-state index < -0.39 is 0 Å². The van der Waals surface area contributed by atoms with Gasteiger partial charge in [0.25, 0.3) is 0 Å². The highest BCUT2D eigenvalue weighted by Gasteiger charge is 2.35. The zero-order valence-corrected chi connectivity index (χ0v) is 13.1. The Labute approximate surface area is 127 Å². The molecule has 2 aliphatic heterocycles. The molecule has 5 nitrogen and oxygen atoms in total. The Morgan fingerprint density at radius 2 is 2.24 bits per heavy atom. The third-order valence-electron chi connectivity index (χ3n) is 5.09. The lowest BCUT2D eigenvalue weighted by atomic mass is 9.85. The zero-order chi connectivity index (χ0) is 15.2. The van der Waals surface area contributed by atoms with E-state index in [4.69, 9.17) is 5.73 Å². The topological polar surface area (TPSA) is 75.4 Å². The minimum Gasteiger partial charge on any atom is -0.353 e. The van der Waals surface area contributed by atoms with Crippen LogP contribution in [0.3, 0.4) is 0 Å². The predicted molar refractivity (Wildman–Crippen MR) is 82.5 cm³/mol. The van der Waals surface area contributed by atoms with Crippen LogP contribution in [0.4, 0.5) is 0 Å². The van der Waals surface area contributed by atoms with Crippen molar-refractivity contribution in [2.45, 2.75) is 57.9 Å². The lowest BCUT2D eigenvalue weighted by Crippen LogP contribution is -2.55. The van der Waals surface area contributed by atoms with Gasteiger partial charge >= 0.3 is 0 Å². The molecule has 0 bridgehead atoms. The standard InChI is InChI=1S/C16H29N3O2/c1-2-12(7-9-17)3-6-16(21)19-10-8-14-13(11-19)4-5-15(20)18-14/h12-14H,2-11,17H2,1H3,(H,18,20). The largest absolute Gasteiger partial charge is 0.353 e. The summed E-state index contributed by atoms with van der Waals surface area (Å²) in [6, 6.07) is 0.288. The van der Waals surface area contributed by atoms with Gasteiger partial charge in [0.15, 0.2) is 0 Å². The van der Waals surface area contributed by atoms with Gasteiger partial charge in [-0.25, -0.2) is 0 Å². The molecule has 0 aliphatic carbocycles. The van der Waals surface area contributed by atoms with Crippen molar-refractivity contribution < 1.29 is 9.59 Å². The summed E-state index contributed by atoms with van der Waals surface area (Å²) in [5.74, 6) is 1.47. The SMILES string of the molecule is CCC(CCN)CCC(=O)N1CCC2NC(=O)CCC2C1. The van der Waals surface area contributed by atoms with Crippen molar-refractivity contribution in [1.82, 2.24) is 10.2 Å². The average molecular weight is 295 g/mol. The summed E-state index contributed by atoms with van der Waals surface area (Å²) < 4.78 is 0. The van der Waals surface area contributed by atoms with E-state index in [1.54, 1.807) is 0 Å². The van der Waals surface area contributed by atoms with E-state index in [1.807, 2.05) is 4.90 Å². The Hall–Kier alpha value is -1.10. The summed E-state index contributed by atoms with van der Waals surface area (Å²) in [4.78, 5) is 25.8. The minimum absolute atomic E-state index is 0.170. The number of fused-ring (bicyclic) bond motifs is 1. The van der Waals surface area contributed by atoms with Crippen molar-refractivity contribution in [2.24, 2.45) is 17.6 Å². The van der Waals surface area contributed by atoms with Gasteiger partial charge in [-0.2, -0.15) is 0 Å². The number of hydrogen-bond acceptors (Lipinski definition) is 3. The highest BCUT2D eigenvalue weighted by molar-refractivity contribution is 5.78. The Balaban J connectivity index is 1.77. The molecule has 3 unspecified atom stereocenters. The molecule has 0 aromatic rings. The molecule has 3 atom stereocenters. The molecule has 2 fully saturated rings. The van der Waals surface area contributed by atoms with Crippen molar-refractivity contribution in [3.63, 3.8) is 0 Å². The van der Waals surface area contributed by atoms with Crippen LogP contribution >= 0.6 is 0 Å². The number of amides is 2. The van der Waals surface area contributed by atoms with Crippen LogP contribution in [0, 0.1) is 11.8 Å². The van der Waals surface area contributed by atoms with Gasteiger partial charge in [0.2, 0.25) is 11.8 Å². The molecule has 2 heterocycles. The van der Waals surface area contributed by atoms with Crippen LogP contribution < -0.4 is 11.1 Å². The highest BCUT2D eigenvalue weighted by Crippen LogP contribution is 2.26. The lowest BCUT2D eigenvalue weighted by Gasteiger charge is -2.41. The maximum absolute atomic E-state index is 12.4. The first-order valence-electron chi connectivity index (χ1n) is 8.41. The van der Waals surface area contributed by atoms with Gasteiger partial charge in [-0.3, -0.25) is 9.59 Å². The number of rotatable bonds is 6. The second kappa shape index (κ2) is 7.78. The fourth-order valence-corrected chi connectivity index (χ4v) is 3.61. The second-order valence-electron chi connectivity index (χ2n) is 6.49. The molecule has 2 amide bonds. The van der Waals surface area contributed by atoms with E-state index in [2.05, 4.69) is 12.2 Å². The first kappa shape index (κ1) is 16.3. The van der Waals surface area contributed by atoms with E-state index >= 15 is 0 Å². The molecule has 0 aromatic heterocycles. The number of carbonyl (C=O) groups excluding carboxylic acids is 2. The molecule has 0 radical (unpaired) electrons. The number of piperidine rings is 2. The van der Waals surface area contributed by atoms with Gasteiger partial charge in [-0.15, -0.1) is 0 Å². The lowest BCUT2D eigenvalue weighted by molar-refractivity contribution is -0.135. The molecular weight excluding hydrogens is 266 g/mol. The van der Waals surface area contributed by atoms with Crippen LogP contribution in [0.5, 0.6) is 0 Å². The molecule has 2 aliphatic rings. The molecule has 5 heteroatoms. The van der Waals surface area contributed by atoms with Crippen LogP contribution in [0.15, 0.2) is 0 Å². The quantitative estimate of drug-likeness (QED) is 0.775. The molecule has 21 heavy (non-hydrogen) atoms. The van der Waals surface area contributed by atoms with Crippen molar-refractivity contribution in [3.05, 3.63) is 0 Å². The maximum atomic E-state index is 12.4. The van der Waals surface area contributed by atoms with Gasteiger partial charge < -0.3 is 16.0 Å². The molecule has 3 N–H and O–H groups in total. The molecule has 0 aromatic carbocycles. The van der Waals surface area contributed by atoms with E-state index in [9.17, 15) is 9.59 Å². The number of carbonyl (C=O) groups is 2. The van der Waals surface area contributed by atoms with E-state index in [1.165, 1.54) is 0 Å². The van der Waals surface area contributed by atoms with Crippen LogP contribution in [-0.2, 0) is 9.59 Å². The van der Waals surface area contributed by atoms with Crippen molar-refractivity contribution in [3.8, 4) is 0 Å². The first-order chi connectivity index (χ1) is 10.1. The van der Waals surface area contributed by atoms with E-state index in [0.29, 0.717) is 31.2 Å². The van der Waals surface area contributed by atoms with Crippen molar-refractivity contribution in [1.29, 1.82) is 0 Å². The molecule has 2 saturated heterocycles. The normalized spacial score (nSPS) is 27.0. The smallest absolute Gasteiger partial charge is 0.222 e. The molecule has 0 saturated carbocycles. The van der Waals surface area contributed by atoms with Gasteiger partial charge in [-0.05, 0) is 44.1 Å². The van der Waals surface area contributed by atoms with Crippen LogP contribution in [0.25, 0.3) is 0 Å². The summed E-state index contributed by atoms with van der Waals surface area (Å²) >= 11 is 0. The number of hydrogen-bond donors (Lipinski definition) is 2. The number of nitrogens with two attached hydrogens (primary N) is 1. The number of nitrogens with zero attached hydrogens (tertiary/aromatic N) is 1. The Bertz CT molecular complexity index is 373. The van der Waals surface area contributed by atoms with Crippen LogP contribution in [0.1, 0.15) is 51.9 Å². The molecular formula is C16H29N3O2. The summed E-state index contributed by atoms with van der Waals surface area (Å²) in [5.41, 5.74) is 5.61. The Morgan fingerprint density at radius 3 is 2.95 bits per heavy atom. The second-order valence-corrected chi connectivity index (χ2v) is 6.49. The van der Waals surface area contributed by atoms with Gasteiger partial charge in [-0.1, -0.05) is 13.3 Å². The predicted octanol–water partition coefficient (Wildman–Crippen LogP) is 1.27. The summed E-state index contributed by atoms with van der Waals surface area (Å²) in [5, 5.41) is 3.06. The third-order valence-corrected chi connectivity index (χ3v) is 5.09. The fourth-order valence-electron chi connectivity index (χ4n) is 3.61. The van der Waals surface area contributed by atoms with Gasteiger partial charge in [0, 0.05) is 32.0 Å². The summed E-state index contributed by atoms with van der Waals surface area (Å²) in [7, 11) is 0. The highest BCUT2D eigenvalue weighted by atomic mass is 16.2. The monoisotopic (exact) mass is 295 g/mol. The van der Waals surface area contributed by atoms with Crippen LogP contribution in [-0.4, -0.2) is 42.4 Å². The molecule has 120 valence electrons. The third kappa shape index (κ3) is 4.43. The minimum atomic E-state index is 0.170. The van der Waals surface area contributed by atoms with Crippen LogP contribution in [0.2, 0.25) is 0 Å². The Kier molecular flexibility index (Phi) is 6.03. The average Bonchev–Trinajstić information content (AvgIpc) is 2.50. The van der Waals surface area contributed by atoms with E-state index in [-0.39, 0.29) is 17.9 Å². The van der Waals surface area contributed by atoms with Gasteiger partial charge in [0.1, 0.15) is 0 Å². The molecule has 2 rings (SSSR count). The number of likely N-dealkylation sites (tertiary alicyclic amines) is 1. The number of nitrogens with one attached hydrogen (secondary N) is 1. The summed E-state index contributed by atoms with van der Waals surface area (Å²) in [6.45, 7) is 4.48. The van der Waals surface area contributed by atoms with E-state index in [0.717, 1.165) is 45.2 Å². The Morgan fingerprint density at radius 1 is 1.43 bits per heavy atom. The molecule has 0 spiro atoms. The zero-order valence-electron chi connectivity index (χ0n) is 13.1. The first-order valence-corrected chi connectivity index (χ1v) is 8.41. The maximum Gasteiger partial charge on any atom is 0.222 e. The van der Waals surface area contributed by atoms with Gasteiger partial charge in [0.05, 0.1) is 0 Å². The summed E-state index contributed by atoms with van der Waals surface area (Å²) in [6.07, 6.45) is 6.14. The van der Waals surface area contributed by atoms with Crippen molar-refractivity contribution in [2.75, 3.05) is 19.6 Å². The van der Waals surface area contributed by atoms with Crippen molar-refractivity contribution >= 4 is 11.8 Å². The fraction of sp³-hybridized carbons (Fsp3) is 0.875.